The molecule has 0 bridgehead atoms. The van der Waals surface area contributed by atoms with Crippen LogP contribution in [0.25, 0.3) is 0 Å². The summed E-state index contributed by atoms with van der Waals surface area (Å²) in [6.45, 7) is 2.40. The van der Waals surface area contributed by atoms with Gasteiger partial charge in [-0.15, -0.1) is 0 Å². The lowest BCUT2D eigenvalue weighted by atomic mass is 9.94. The molecule has 0 fully saturated rings. The Morgan fingerprint density at radius 3 is 2.82 bits per heavy atom. The van der Waals surface area contributed by atoms with Gasteiger partial charge in [0.1, 0.15) is 25.1 Å². The van der Waals surface area contributed by atoms with E-state index in [1.807, 2.05) is 31.2 Å². The molecule has 0 saturated carbocycles. The lowest BCUT2D eigenvalue weighted by Gasteiger charge is -2.17. The largest absolute Gasteiger partial charge is 0.481 e. The van der Waals surface area contributed by atoms with Crippen molar-refractivity contribution in [3.63, 3.8) is 0 Å². The second-order valence-electron chi connectivity index (χ2n) is 6.56. The number of ether oxygens (including phenoxy) is 1. The molecule has 0 spiro atoms. The summed E-state index contributed by atoms with van der Waals surface area (Å²) in [5, 5.41) is 8.27. The molecule has 2 heterocycles. The summed E-state index contributed by atoms with van der Waals surface area (Å²) in [4.78, 5) is 19.5. The van der Waals surface area contributed by atoms with Crippen molar-refractivity contribution in [3.05, 3.63) is 53.0 Å². The number of fused-ring (bicyclic) bond motifs is 1. The van der Waals surface area contributed by atoms with E-state index in [1.165, 1.54) is 12.7 Å². The molecule has 2 aromatic rings. The van der Waals surface area contributed by atoms with Crippen molar-refractivity contribution in [3.8, 4) is 5.88 Å². The van der Waals surface area contributed by atoms with E-state index in [0.717, 1.165) is 60.6 Å². The standard InChI is InChI=1S/C21H26N4O3/c1-15(24-27-3)18-10-5-8-17(22-18)9-6-14-28-25-19-11-4-7-16-12-13-20(26-2)23-21(16)19/h5,8,10,12-13H,4,6-7,9,11,14H2,1-3H3. The van der Waals surface area contributed by atoms with Gasteiger partial charge in [0.05, 0.1) is 18.5 Å². The molecule has 0 atom stereocenters. The molecule has 1 aliphatic rings. The molecule has 0 unspecified atom stereocenters. The molecule has 0 amide bonds. The third kappa shape index (κ3) is 5.06. The van der Waals surface area contributed by atoms with Gasteiger partial charge in [-0.2, -0.15) is 0 Å². The van der Waals surface area contributed by atoms with E-state index < -0.39 is 0 Å². The normalized spacial score (nSPS) is 15.2. The predicted molar refractivity (Wildman–Crippen MR) is 108 cm³/mol. The highest BCUT2D eigenvalue weighted by molar-refractivity contribution is 6.00. The van der Waals surface area contributed by atoms with E-state index in [4.69, 9.17) is 14.4 Å². The number of aromatic nitrogens is 2. The minimum atomic E-state index is 0.528. The predicted octanol–water partition coefficient (Wildman–Crippen LogP) is 3.55. The molecule has 28 heavy (non-hydrogen) atoms. The maximum Gasteiger partial charge on any atom is 0.213 e. The van der Waals surface area contributed by atoms with Gasteiger partial charge in [-0.25, -0.2) is 4.98 Å². The second kappa shape index (κ2) is 9.82. The number of pyridine rings is 2. The zero-order valence-electron chi connectivity index (χ0n) is 16.6. The van der Waals surface area contributed by atoms with Gasteiger partial charge in [-0.1, -0.05) is 22.4 Å². The summed E-state index contributed by atoms with van der Waals surface area (Å²) < 4.78 is 5.23. The van der Waals surface area contributed by atoms with Crippen LogP contribution in [0.5, 0.6) is 5.88 Å². The SMILES string of the molecule is CON=C(C)c1cccc(CCCON=C2CCCc3ccc(OC)nc32)n1. The van der Waals surface area contributed by atoms with Crippen LogP contribution in [0.3, 0.4) is 0 Å². The van der Waals surface area contributed by atoms with Gasteiger partial charge < -0.3 is 14.4 Å². The number of hydrogen-bond donors (Lipinski definition) is 0. The van der Waals surface area contributed by atoms with E-state index in [2.05, 4.69) is 26.3 Å². The first-order valence-electron chi connectivity index (χ1n) is 9.48. The van der Waals surface area contributed by atoms with Crippen LogP contribution < -0.4 is 4.74 Å². The fourth-order valence-electron chi connectivity index (χ4n) is 3.13. The van der Waals surface area contributed by atoms with E-state index in [-0.39, 0.29) is 0 Å². The highest BCUT2D eigenvalue weighted by Gasteiger charge is 2.18. The average molecular weight is 382 g/mol. The van der Waals surface area contributed by atoms with Gasteiger partial charge in [0.15, 0.2) is 0 Å². The Morgan fingerprint density at radius 2 is 2.00 bits per heavy atom. The number of hydrogen-bond acceptors (Lipinski definition) is 7. The van der Waals surface area contributed by atoms with Gasteiger partial charge in [0.2, 0.25) is 5.88 Å². The van der Waals surface area contributed by atoms with Crippen molar-refractivity contribution < 1.29 is 14.4 Å². The molecule has 7 nitrogen and oxygen atoms in total. The Bertz CT molecular complexity index is 864. The minimum Gasteiger partial charge on any atom is -0.481 e. The van der Waals surface area contributed by atoms with Crippen molar-refractivity contribution in [2.75, 3.05) is 20.8 Å². The molecular formula is C21H26N4O3. The Balaban J connectivity index is 1.54. The topological polar surface area (TPSA) is 78.2 Å². The first-order chi connectivity index (χ1) is 13.7. The molecule has 1 aliphatic carbocycles. The molecule has 148 valence electrons. The Labute approximate surface area is 165 Å². The molecule has 7 heteroatoms. The summed E-state index contributed by atoms with van der Waals surface area (Å²) in [5.74, 6) is 0.603. The third-order valence-electron chi connectivity index (χ3n) is 4.54. The van der Waals surface area contributed by atoms with Crippen LogP contribution in [0.1, 0.15) is 48.8 Å². The van der Waals surface area contributed by atoms with Crippen molar-refractivity contribution in [2.24, 2.45) is 10.3 Å². The Kier molecular flexibility index (Phi) is 6.94. The number of methoxy groups -OCH3 is 1. The first-order valence-corrected chi connectivity index (χ1v) is 9.48. The van der Waals surface area contributed by atoms with Crippen LogP contribution >= 0.6 is 0 Å². The van der Waals surface area contributed by atoms with Crippen LogP contribution in [-0.2, 0) is 22.5 Å². The van der Waals surface area contributed by atoms with Gasteiger partial charge in [-0.05, 0) is 56.7 Å². The van der Waals surface area contributed by atoms with E-state index in [0.29, 0.717) is 12.5 Å². The van der Waals surface area contributed by atoms with Crippen LogP contribution in [-0.4, -0.2) is 42.2 Å². The van der Waals surface area contributed by atoms with Crippen molar-refractivity contribution in [1.29, 1.82) is 0 Å². The second-order valence-corrected chi connectivity index (χ2v) is 6.56. The average Bonchev–Trinajstić information content (AvgIpc) is 2.73. The molecule has 3 rings (SSSR count). The monoisotopic (exact) mass is 382 g/mol. The highest BCUT2D eigenvalue weighted by Crippen LogP contribution is 2.23. The molecule has 0 aromatic carbocycles. The fraction of sp³-hybridized carbons (Fsp3) is 0.429. The smallest absolute Gasteiger partial charge is 0.213 e. The number of nitrogens with zero attached hydrogens (tertiary/aromatic N) is 4. The van der Waals surface area contributed by atoms with Crippen LogP contribution in [0.4, 0.5) is 0 Å². The van der Waals surface area contributed by atoms with Crippen LogP contribution in [0.15, 0.2) is 40.6 Å². The lowest BCUT2D eigenvalue weighted by molar-refractivity contribution is 0.141. The summed E-state index contributed by atoms with van der Waals surface area (Å²) in [7, 11) is 3.15. The highest BCUT2D eigenvalue weighted by atomic mass is 16.6. The molecule has 0 aliphatic heterocycles. The quantitative estimate of drug-likeness (QED) is 0.396. The Hall–Kier alpha value is -2.96. The van der Waals surface area contributed by atoms with Crippen LogP contribution in [0, 0.1) is 0 Å². The van der Waals surface area contributed by atoms with Crippen molar-refractivity contribution in [2.45, 2.75) is 39.0 Å². The zero-order chi connectivity index (χ0) is 19.8. The fourth-order valence-corrected chi connectivity index (χ4v) is 3.13. The van der Waals surface area contributed by atoms with Gasteiger partial charge >= 0.3 is 0 Å². The molecule has 2 aromatic heterocycles. The summed E-state index contributed by atoms with van der Waals surface area (Å²) in [6.07, 6.45) is 4.57. The summed E-state index contributed by atoms with van der Waals surface area (Å²) in [6, 6.07) is 9.85. The number of oxime groups is 2. The van der Waals surface area contributed by atoms with E-state index in [9.17, 15) is 0 Å². The first kappa shape index (κ1) is 19.8. The Morgan fingerprint density at radius 1 is 1.11 bits per heavy atom. The maximum absolute atomic E-state index is 5.58. The van der Waals surface area contributed by atoms with Gasteiger partial charge in [0, 0.05) is 11.8 Å². The minimum absolute atomic E-state index is 0.528. The van der Waals surface area contributed by atoms with Gasteiger partial charge in [-0.3, -0.25) is 4.98 Å². The molecule has 0 saturated heterocycles. The number of aryl methyl sites for hydroxylation is 2. The summed E-state index contributed by atoms with van der Waals surface area (Å²) >= 11 is 0. The molecular weight excluding hydrogens is 356 g/mol. The van der Waals surface area contributed by atoms with E-state index in [1.54, 1.807) is 7.11 Å². The molecule has 0 N–H and O–H groups in total. The molecule has 0 radical (unpaired) electrons. The van der Waals surface area contributed by atoms with Crippen molar-refractivity contribution in [1.82, 2.24) is 9.97 Å². The van der Waals surface area contributed by atoms with Crippen LogP contribution in [0.2, 0.25) is 0 Å². The zero-order valence-corrected chi connectivity index (χ0v) is 16.6. The third-order valence-corrected chi connectivity index (χ3v) is 4.54. The maximum atomic E-state index is 5.58. The van der Waals surface area contributed by atoms with E-state index >= 15 is 0 Å². The summed E-state index contributed by atoms with van der Waals surface area (Å²) in [5.41, 5.74) is 5.56. The number of rotatable bonds is 8. The van der Waals surface area contributed by atoms with Gasteiger partial charge in [0.25, 0.3) is 0 Å². The van der Waals surface area contributed by atoms with Crippen molar-refractivity contribution >= 4 is 11.4 Å². The lowest BCUT2D eigenvalue weighted by Crippen LogP contribution is -2.15.